The van der Waals surface area contributed by atoms with Crippen molar-refractivity contribution in [2.24, 2.45) is 11.8 Å². The van der Waals surface area contributed by atoms with Crippen LogP contribution in [0.4, 0.5) is 0 Å². The third-order valence-corrected chi connectivity index (χ3v) is 3.80. The van der Waals surface area contributed by atoms with Crippen molar-refractivity contribution in [2.45, 2.75) is 29.6 Å². The molecule has 2 aliphatic rings. The molecule has 2 saturated carbocycles. The van der Waals surface area contributed by atoms with E-state index in [1.54, 1.807) is 25.7 Å². The predicted octanol–water partition coefficient (Wildman–Crippen LogP) is -1.54. The molecule has 0 radical (unpaired) electrons. The highest BCUT2D eigenvalue weighted by atomic mass is 127. The summed E-state index contributed by atoms with van der Waals surface area (Å²) < 4.78 is 1.07. The maximum Gasteiger partial charge on any atom is 0.255 e. The van der Waals surface area contributed by atoms with Gasteiger partial charge in [-0.2, -0.15) is 0 Å². The van der Waals surface area contributed by atoms with E-state index < -0.39 is 0 Å². The van der Waals surface area contributed by atoms with Crippen LogP contribution in [0.5, 0.6) is 0 Å². The highest BCUT2D eigenvalue weighted by Gasteiger charge is 2.42. The van der Waals surface area contributed by atoms with Gasteiger partial charge >= 0.3 is 0 Å². The Bertz CT molecular complexity index is 88.6. The van der Waals surface area contributed by atoms with Crippen LogP contribution in [0.15, 0.2) is 0 Å². The van der Waals surface area contributed by atoms with Gasteiger partial charge < -0.3 is 0 Å². The van der Waals surface area contributed by atoms with E-state index >= 15 is 0 Å². The van der Waals surface area contributed by atoms with Crippen molar-refractivity contribution in [2.75, 3.05) is 0 Å². The lowest BCUT2D eigenvalue weighted by atomic mass is 9.77. The van der Waals surface area contributed by atoms with Crippen LogP contribution in [0.1, 0.15) is 25.7 Å². The van der Waals surface area contributed by atoms with Crippen molar-refractivity contribution < 1.29 is 22.6 Å². The van der Waals surface area contributed by atoms with Crippen molar-refractivity contribution in [1.82, 2.24) is 0 Å². The first-order valence-corrected chi connectivity index (χ1v) is 4.86. The first-order valence-electron chi connectivity index (χ1n) is 3.52. The van der Waals surface area contributed by atoms with Gasteiger partial charge in [0.15, 0.2) is 3.92 Å². The number of hydrogen-bond donors (Lipinski definition) is 0. The first-order chi connectivity index (χ1) is 3.86. The van der Waals surface area contributed by atoms with Gasteiger partial charge in [0, 0.05) is 0 Å². The molecule has 2 unspecified atom stereocenters. The van der Waals surface area contributed by atoms with Crippen LogP contribution in [0, 0.1) is 11.8 Å². The van der Waals surface area contributed by atoms with Gasteiger partial charge in [-0.3, -0.25) is 0 Å². The number of rotatable bonds is 0. The standard InChI is InChI=1S/C7H12I/c8-7-3-5-1-2-6(5)4-7/h5-8H,1-4H2/q+1. The van der Waals surface area contributed by atoms with Crippen LogP contribution in [-0.4, -0.2) is 3.92 Å². The van der Waals surface area contributed by atoms with Gasteiger partial charge in [0.2, 0.25) is 0 Å². The van der Waals surface area contributed by atoms with Crippen LogP contribution >= 0.6 is 0 Å². The van der Waals surface area contributed by atoms with Gasteiger partial charge in [-0.1, -0.05) is 0 Å². The molecule has 0 heterocycles. The molecule has 46 valence electrons. The second-order valence-electron chi connectivity index (χ2n) is 3.19. The molecular weight excluding hydrogens is 211 g/mol. The lowest BCUT2D eigenvalue weighted by Crippen LogP contribution is -3.38. The summed E-state index contributed by atoms with van der Waals surface area (Å²) in [4.78, 5) is 0. The molecule has 0 aromatic heterocycles. The summed E-state index contributed by atoms with van der Waals surface area (Å²) in [6.07, 6.45) is 6.21. The molecular formula is C7H12I+. The number of alkyl halides is 1. The third kappa shape index (κ3) is 0.703. The maximum absolute atomic E-state index is 2.33. The highest BCUT2D eigenvalue weighted by molar-refractivity contribution is 4.89. The van der Waals surface area contributed by atoms with Crippen molar-refractivity contribution in [3.05, 3.63) is 0 Å². The van der Waals surface area contributed by atoms with E-state index in [2.05, 4.69) is 22.6 Å². The topological polar surface area (TPSA) is 0 Å². The predicted molar refractivity (Wildman–Crippen MR) is 30.6 cm³/mol. The molecule has 0 spiro atoms. The molecule has 0 aliphatic heterocycles. The van der Waals surface area contributed by atoms with Crippen LogP contribution in [0.3, 0.4) is 0 Å². The third-order valence-electron chi connectivity index (χ3n) is 2.71. The fourth-order valence-corrected chi connectivity index (χ4v) is 3.44. The van der Waals surface area contributed by atoms with Crippen molar-refractivity contribution >= 4 is 0 Å². The SMILES string of the molecule is [IH+]C1CC2CCC2C1. The lowest BCUT2D eigenvalue weighted by molar-refractivity contribution is -0.418. The van der Waals surface area contributed by atoms with Gasteiger partial charge in [0.1, 0.15) is 0 Å². The molecule has 0 amide bonds. The molecule has 0 N–H and O–H groups in total. The first kappa shape index (κ1) is 5.51. The van der Waals surface area contributed by atoms with Crippen molar-refractivity contribution in [3.63, 3.8) is 0 Å². The van der Waals surface area contributed by atoms with E-state index in [9.17, 15) is 0 Å². The molecule has 0 aromatic rings. The Morgan fingerprint density at radius 1 is 1.00 bits per heavy atom. The normalized spacial score (nSPS) is 52.9. The van der Waals surface area contributed by atoms with Crippen LogP contribution in [-0.2, 0) is 0 Å². The van der Waals surface area contributed by atoms with Gasteiger partial charge in [-0.25, -0.2) is 0 Å². The Morgan fingerprint density at radius 2 is 1.50 bits per heavy atom. The Morgan fingerprint density at radius 3 is 1.75 bits per heavy atom. The summed E-state index contributed by atoms with van der Waals surface area (Å²) >= 11 is 2.33. The molecule has 2 fully saturated rings. The molecule has 0 bridgehead atoms. The number of halogens is 1. The summed E-state index contributed by atoms with van der Waals surface area (Å²) in [7, 11) is 0. The van der Waals surface area contributed by atoms with Gasteiger partial charge in [-0.15, -0.1) is 0 Å². The van der Waals surface area contributed by atoms with Crippen molar-refractivity contribution in [1.29, 1.82) is 0 Å². The minimum atomic E-state index is 1.07. The second kappa shape index (κ2) is 1.86. The summed E-state index contributed by atoms with van der Waals surface area (Å²) in [5.74, 6) is 2.35. The Kier molecular flexibility index (Phi) is 1.28. The van der Waals surface area contributed by atoms with Gasteiger partial charge in [0.05, 0.1) is 0 Å². The smallest absolute Gasteiger partial charge is 0.0497 e. The van der Waals surface area contributed by atoms with Crippen LogP contribution in [0.25, 0.3) is 0 Å². The minimum absolute atomic E-state index is 1.07. The summed E-state index contributed by atoms with van der Waals surface area (Å²) in [5, 5.41) is 0. The monoisotopic (exact) mass is 223 g/mol. The average Bonchev–Trinajstić information content (AvgIpc) is 1.91. The molecule has 2 rings (SSSR count). The fraction of sp³-hybridized carbons (Fsp3) is 1.00. The molecule has 2 aliphatic carbocycles. The fourth-order valence-electron chi connectivity index (χ4n) is 2.03. The second-order valence-corrected chi connectivity index (χ2v) is 5.09. The van der Waals surface area contributed by atoms with E-state index in [0.29, 0.717) is 0 Å². The lowest BCUT2D eigenvalue weighted by Gasteiger charge is -2.28. The number of fused-ring (bicyclic) bond motifs is 1. The molecule has 0 saturated heterocycles. The quantitative estimate of drug-likeness (QED) is 0.345. The summed E-state index contributed by atoms with van der Waals surface area (Å²) in [6, 6.07) is 0. The van der Waals surface area contributed by atoms with Gasteiger partial charge in [-0.05, 0) is 37.5 Å². The zero-order valence-electron chi connectivity index (χ0n) is 4.97. The number of hydrogen-bond acceptors (Lipinski definition) is 0. The van der Waals surface area contributed by atoms with E-state index in [1.807, 2.05) is 0 Å². The van der Waals surface area contributed by atoms with E-state index in [-0.39, 0.29) is 0 Å². The zero-order valence-corrected chi connectivity index (χ0v) is 7.30. The highest BCUT2D eigenvalue weighted by Crippen LogP contribution is 2.45. The zero-order chi connectivity index (χ0) is 5.56. The molecule has 0 nitrogen and oxygen atoms in total. The van der Waals surface area contributed by atoms with E-state index in [0.717, 1.165) is 3.92 Å². The summed E-state index contributed by atoms with van der Waals surface area (Å²) in [5.41, 5.74) is 0. The Balaban J connectivity index is 2.00. The maximum atomic E-state index is 2.33. The van der Waals surface area contributed by atoms with E-state index in [1.165, 1.54) is 11.8 Å². The minimum Gasteiger partial charge on any atom is -0.0497 e. The molecule has 8 heavy (non-hydrogen) atoms. The summed E-state index contributed by atoms with van der Waals surface area (Å²) in [6.45, 7) is 0. The van der Waals surface area contributed by atoms with Gasteiger partial charge in [0.25, 0.3) is 22.6 Å². The molecule has 1 heteroatoms. The molecule has 2 atom stereocenters. The Hall–Kier alpha value is 0.730. The van der Waals surface area contributed by atoms with Crippen LogP contribution in [0.2, 0.25) is 0 Å². The molecule has 0 aromatic carbocycles. The van der Waals surface area contributed by atoms with E-state index in [4.69, 9.17) is 0 Å². The largest absolute Gasteiger partial charge is 0.255 e. The average molecular weight is 223 g/mol. The van der Waals surface area contributed by atoms with Crippen molar-refractivity contribution in [3.8, 4) is 0 Å². The Labute approximate surface area is 64.2 Å². The van der Waals surface area contributed by atoms with Crippen LogP contribution < -0.4 is 22.6 Å².